The van der Waals surface area contributed by atoms with Gasteiger partial charge in [0.05, 0.1) is 5.41 Å². The average Bonchev–Trinajstić information content (AvgIpc) is 2.50. The maximum Gasteiger partial charge on any atom is 0.251 e. The standard InChI is InChI=1S/C16H25N3O2/c1-5-16(6-2,10-17)15(21)19-13-8-7-12(9-11(13)3)14(20)18-4/h7-9H,5-6,10,17H2,1-4H3,(H,18,20)(H,19,21). The molecular formula is C16H25N3O2. The number of aryl methyl sites for hydroxylation is 1. The minimum Gasteiger partial charge on any atom is -0.355 e. The number of hydrogen-bond donors (Lipinski definition) is 3. The van der Waals surface area contributed by atoms with Crippen LogP contribution in [0.3, 0.4) is 0 Å². The maximum atomic E-state index is 12.5. The van der Waals surface area contributed by atoms with Crippen LogP contribution < -0.4 is 16.4 Å². The lowest BCUT2D eigenvalue weighted by Crippen LogP contribution is -2.41. The number of nitrogens with two attached hydrogens (primary N) is 1. The Labute approximate surface area is 126 Å². The second-order valence-corrected chi connectivity index (χ2v) is 5.25. The van der Waals surface area contributed by atoms with E-state index in [4.69, 9.17) is 5.73 Å². The van der Waals surface area contributed by atoms with Crippen LogP contribution >= 0.6 is 0 Å². The molecular weight excluding hydrogens is 266 g/mol. The monoisotopic (exact) mass is 291 g/mol. The molecule has 0 aromatic heterocycles. The van der Waals surface area contributed by atoms with Crippen LogP contribution in [0.5, 0.6) is 0 Å². The molecule has 0 spiro atoms. The highest BCUT2D eigenvalue weighted by Crippen LogP contribution is 2.28. The van der Waals surface area contributed by atoms with Crippen LogP contribution in [0.25, 0.3) is 0 Å². The second kappa shape index (κ2) is 7.22. The normalized spacial score (nSPS) is 11.1. The summed E-state index contributed by atoms with van der Waals surface area (Å²) in [5, 5.41) is 5.51. The van der Waals surface area contributed by atoms with Gasteiger partial charge in [-0.1, -0.05) is 13.8 Å². The molecule has 21 heavy (non-hydrogen) atoms. The average molecular weight is 291 g/mol. The fourth-order valence-electron chi connectivity index (χ4n) is 2.30. The first-order valence-corrected chi connectivity index (χ1v) is 7.28. The topological polar surface area (TPSA) is 84.2 Å². The Balaban J connectivity index is 2.98. The summed E-state index contributed by atoms with van der Waals surface area (Å²) < 4.78 is 0. The van der Waals surface area contributed by atoms with Gasteiger partial charge in [0.2, 0.25) is 5.91 Å². The molecule has 2 amide bonds. The van der Waals surface area contributed by atoms with Crippen molar-refractivity contribution in [1.82, 2.24) is 5.32 Å². The van der Waals surface area contributed by atoms with Gasteiger partial charge in [0.15, 0.2) is 0 Å². The molecule has 1 aromatic carbocycles. The molecule has 4 N–H and O–H groups in total. The summed E-state index contributed by atoms with van der Waals surface area (Å²) in [5.74, 6) is -0.208. The summed E-state index contributed by atoms with van der Waals surface area (Å²) in [6.45, 7) is 6.13. The molecule has 0 radical (unpaired) electrons. The fourth-order valence-corrected chi connectivity index (χ4v) is 2.30. The van der Waals surface area contributed by atoms with E-state index in [-0.39, 0.29) is 11.8 Å². The number of rotatable bonds is 6. The summed E-state index contributed by atoms with van der Waals surface area (Å²) in [4.78, 5) is 24.1. The van der Waals surface area contributed by atoms with Crippen molar-refractivity contribution in [1.29, 1.82) is 0 Å². The zero-order chi connectivity index (χ0) is 16.0. The number of carbonyl (C=O) groups is 2. The molecule has 1 rings (SSSR count). The maximum absolute atomic E-state index is 12.5. The van der Waals surface area contributed by atoms with E-state index in [1.165, 1.54) is 0 Å². The first kappa shape index (κ1) is 17.2. The van der Waals surface area contributed by atoms with E-state index in [1.54, 1.807) is 25.2 Å². The zero-order valence-electron chi connectivity index (χ0n) is 13.2. The number of benzene rings is 1. The van der Waals surface area contributed by atoms with Crippen LogP contribution in [0.15, 0.2) is 18.2 Å². The molecule has 0 saturated carbocycles. The first-order valence-electron chi connectivity index (χ1n) is 7.28. The summed E-state index contributed by atoms with van der Waals surface area (Å²) in [5.41, 5.74) is 7.39. The summed E-state index contributed by atoms with van der Waals surface area (Å²) in [6.07, 6.45) is 1.39. The Bertz CT molecular complexity index is 514. The van der Waals surface area contributed by atoms with Gasteiger partial charge in [-0.05, 0) is 43.5 Å². The molecule has 5 heteroatoms. The molecule has 5 nitrogen and oxygen atoms in total. The molecule has 0 bridgehead atoms. The van der Waals surface area contributed by atoms with Gasteiger partial charge >= 0.3 is 0 Å². The lowest BCUT2D eigenvalue weighted by atomic mass is 9.81. The van der Waals surface area contributed by atoms with Crippen molar-refractivity contribution in [3.8, 4) is 0 Å². The van der Waals surface area contributed by atoms with E-state index in [0.29, 0.717) is 30.6 Å². The molecule has 0 aliphatic heterocycles. The van der Waals surface area contributed by atoms with Crippen molar-refractivity contribution in [2.75, 3.05) is 18.9 Å². The fraction of sp³-hybridized carbons (Fsp3) is 0.500. The van der Waals surface area contributed by atoms with Crippen LogP contribution in [0.2, 0.25) is 0 Å². The Morgan fingerprint density at radius 2 is 1.86 bits per heavy atom. The van der Waals surface area contributed by atoms with Crippen LogP contribution in [0.1, 0.15) is 42.6 Å². The summed E-state index contributed by atoms with van der Waals surface area (Å²) in [7, 11) is 1.59. The van der Waals surface area contributed by atoms with Crippen molar-refractivity contribution in [3.05, 3.63) is 29.3 Å². The third-order valence-corrected chi connectivity index (χ3v) is 4.19. The van der Waals surface area contributed by atoms with Crippen molar-refractivity contribution in [2.24, 2.45) is 11.1 Å². The van der Waals surface area contributed by atoms with Crippen LogP contribution in [0, 0.1) is 12.3 Å². The molecule has 0 aliphatic carbocycles. The van der Waals surface area contributed by atoms with Gasteiger partial charge in [0.1, 0.15) is 0 Å². The first-order chi connectivity index (χ1) is 9.93. The Hall–Kier alpha value is -1.88. The number of amides is 2. The number of hydrogen-bond acceptors (Lipinski definition) is 3. The Kier molecular flexibility index (Phi) is 5.90. The minimum absolute atomic E-state index is 0.0641. The second-order valence-electron chi connectivity index (χ2n) is 5.25. The van der Waals surface area contributed by atoms with Gasteiger partial charge in [-0.25, -0.2) is 0 Å². The third-order valence-electron chi connectivity index (χ3n) is 4.19. The smallest absolute Gasteiger partial charge is 0.251 e. The molecule has 1 aromatic rings. The predicted molar refractivity (Wildman–Crippen MR) is 85.3 cm³/mol. The highest BCUT2D eigenvalue weighted by atomic mass is 16.2. The van der Waals surface area contributed by atoms with E-state index in [0.717, 1.165) is 5.56 Å². The van der Waals surface area contributed by atoms with Gasteiger partial charge in [-0.15, -0.1) is 0 Å². The van der Waals surface area contributed by atoms with Gasteiger partial charge in [-0.3, -0.25) is 9.59 Å². The Morgan fingerprint density at radius 1 is 1.24 bits per heavy atom. The molecule has 0 aliphatic rings. The van der Waals surface area contributed by atoms with E-state index in [2.05, 4.69) is 10.6 Å². The zero-order valence-corrected chi connectivity index (χ0v) is 13.2. The summed E-state index contributed by atoms with van der Waals surface area (Å²) >= 11 is 0. The van der Waals surface area contributed by atoms with Gasteiger partial charge in [-0.2, -0.15) is 0 Å². The number of nitrogens with one attached hydrogen (secondary N) is 2. The quantitative estimate of drug-likeness (QED) is 0.750. The summed E-state index contributed by atoms with van der Waals surface area (Å²) in [6, 6.07) is 5.21. The van der Waals surface area contributed by atoms with E-state index in [9.17, 15) is 9.59 Å². The van der Waals surface area contributed by atoms with Crippen molar-refractivity contribution in [3.63, 3.8) is 0 Å². The van der Waals surface area contributed by atoms with E-state index in [1.807, 2.05) is 20.8 Å². The predicted octanol–water partition coefficient (Wildman–Crippen LogP) is 2.06. The third kappa shape index (κ3) is 3.61. The molecule has 0 unspecified atom stereocenters. The van der Waals surface area contributed by atoms with Gasteiger partial charge in [0.25, 0.3) is 5.91 Å². The molecule has 0 fully saturated rings. The highest BCUT2D eigenvalue weighted by Gasteiger charge is 2.33. The van der Waals surface area contributed by atoms with Crippen molar-refractivity contribution >= 4 is 17.5 Å². The van der Waals surface area contributed by atoms with Gasteiger partial charge in [0, 0.05) is 24.8 Å². The van der Waals surface area contributed by atoms with Crippen LogP contribution in [-0.4, -0.2) is 25.4 Å². The molecule has 116 valence electrons. The lowest BCUT2D eigenvalue weighted by Gasteiger charge is -2.28. The minimum atomic E-state index is -0.536. The molecule has 0 atom stereocenters. The van der Waals surface area contributed by atoms with Crippen LogP contribution in [0.4, 0.5) is 5.69 Å². The lowest BCUT2D eigenvalue weighted by molar-refractivity contribution is -0.125. The molecule has 0 saturated heterocycles. The number of anilines is 1. The van der Waals surface area contributed by atoms with Crippen molar-refractivity contribution < 1.29 is 9.59 Å². The van der Waals surface area contributed by atoms with Crippen molar-refractivity contribution in [2.45, 2.75) is 33.6 Å². The number of carbonyl (C=O) groups excluding carboxylic acids is 2. The Morgan fingerprint density at radius 3 is 2.29 bits per heavy atom. The highest BCUT2D eigenvalue weighted by molar-refractivity contribution is 5.98. The largest absolute Gasteiger partial charge is 0.355 e. The van der Waals surface area contributed by atoms with E-state index < -0.39 is 5.41 Å². The molecule has 0 heterocycles. The van der Waals surface area contributed by atoms with Gasteiger partial charge < -0.3 is 16.4 Å². The van der Waals surface area contributed by atoms with Crippen LogP contribution in [-0.2, 0) is 4.79 Å². The SMILES string of the molecule is CCC(CC)(CN)C(=O)Nc1ccc(C(=O)NC)cc1C. The van der Waals surface area contributed by atoms with E-state index >= 15 is 0 Å².